The van der Waals surface area contributed by atoms with E-state index in [1.165, 1.54) is 11.3 Å². The van der Waals surface area contributed by atoms with Gasteiger partial charge in [0.1, 0.15) is 0 Å². The lowest BCUT2D eigenvalue weighted by molar-refractivity contribution is 0.0937. The molecule has 1 aliphatic rings. The average Bonchev–Trinajstić information content (AvgIpc) is 2.89. The van der Waals surface area contributed by atoms with Crippen molar-refractivity contribution >= 4 is 22.2 Å². The predicted molar refractivity (Wildman–Crippen MR) is 67.2 cm³/mol. The monoisotopic (exact) mass is 264 g/mol. The Morgan fingerprint density at radius 2 is 2.39 bits per heavy atom. The molecular weight excluding hydrogens is 252 g/mol. The van der Waals surface area contributed by atoms with Gasteiger partial charge in [-0.05, 0) is 31.4 Å². The summed E-state index contributed by atoms with van der Waals surface area (Å²) in [5.74, 6) is 0.132. The van der Waals surface area contributed by atoms with Crippen LogP contribution in [0.25, 0.3) is 10.8 Å². The Morgan fingerprint density at radius 1 is 1.61 bits per heavy atom. The van der Waals surface area contributed by atoms with E-state index in [1.54, 1.807) is 0 Å². The highest BCUT2D eigenvalue weighted by Crippen LogP contribution is 2.32. The van der Waals surface area contributed by atoms with Crippen LogP contribution < -0.4 is 11.1 Å². The molecule has 94 valence electrons. The van der Waals surface area contributed by atoms with Gasteiger partial charge in [-0.1, -0.05) is 5.16 Å². The van der Waals surface area contributed by atoms with E-state index < -0.39 is 0 Å². The van der Waals surface area contributed by atoms with Crippen LogP contribution in [0.15, 0.2) is 10.6 Å². The maximum atomic E-state index is 11.7. The summed E-state index contributed by atoms with van der Waals surface area (Å²) in [5, 5.41) is 7.19. The Hall–Kier alpha value is -1.89. The number of aryl methyl sites for hydroxylation is 1. The second-order valence-corrected chi connectivity index (χ2v) is 5.42. The van der Waals surface area contributed by atoms with Gasteiger partial charge in [0, 0.05) is 6.04 Å². The van der Waals surface area contributed by atoms with Crippen LogP contribution in [-0.2, 0) is 0 Å². The standard InChI is InChI=1S/C11H12N4O2S/c1-5-4-7(12)18-8(5)11-14-9(15-17-11)10(16)13-6-2-3-6/h4,6H,2-3,12H2,1H3,(H,13,16). The Balaban J connectivity index is 1.84. The van der Waals surface area contributed by atoms with E-state index >= 15 is 0 Å². The minimum Gasteiger partial charge on any atom is -0.391 e. The molecule has 18 heavy (non-hydrogen) atoms. The number of thiophene rings is 1. The first kappa shape index (κ1) is 11.2. The van der Waals surface area contributed by atoms with E-state index in [2.05, 4.69) is 15.5 Å². The Morgan fingerprint density at radius 3 is 3.00 bits per heavy atom. The minimum absolute atomic E-state index is 0.0725. The van der Waals surface area contributed by atoms with Crippen molar-refractivity contribution in [3.8, 4) is 10.8 Å². The van der Waals surface area contributed by atoms with Crippen molar-refractivity contribution in [2.75, 3.05) is 5.73 Å². The van der Waals surface area contributed by atoms with E-state index in [4.69, 9.17) is 10.3 Å². The maximum Gasteiger partial charge on any atom is 0.292 e. The first-order valence-corrected chi connectivity index (χ1v) is 6.46. The van der Waals surface area contributed by atoms with Crippen molar-refractivity contribution in [1.82, 2.24) is 15.5 Å². The molecule has 1 amide bonds. The molecule has 3 rings (SSSR count). The predicted octanol–water partition coefficient (Wildman–Crippen LogP) is 1.58. The molecule has 0 saturated heterocycles. The van der Waals surface area contributed by atoms with Crippen LogP contribution in [0.1, 0.15) is 29.0 Å². The fourth-order valence-corrected chi connectivity index (χ4v) is 2.47. The number of anilines is 1. The second-order valence-electron chi connectivity index (χ2n) is 4.33. The van der Waals surface area contributed by atoms with Crippen molar-refractivity contribution in [3.05, 3.63) is 17.5 Å². The van der Waals surface area contributed by atoms with Gasteiger partial charge < -0.3 is 15.6 Å². The number of nitrogen functional groups attached to an aromatic ring is 1. The molecule has 0 radical (unpaired) electrons. The molecule has 1 fully saturated rings. The lowest BCUT2D eigenvalue weighted by atomic mass is 10.3. The minimum atomic E-state index is -0.283. The zero-order valence-corrected chi connectivity index (χ0v) is 10.6. The number of carbonyl (C=O) groups excluding carboxylic acids is 1. The van der Waals surface area contributed by atoms with E-state index in [9.17, 15) is 4.79 Å². The number of hydrogen-bond donors (Lipinski definition) is 2. The average molecular weight is 264 g/mol. The molecule has 1 saturated carbocycles. The van der Waals surface area contributed by atoms with Gasteiger partial charge in [-0.3, -0.25) is 4.79 Å². The van der Waals surface area contributed by atoms with Gasteiger partial charge in [-0.2, -0.15) is 4.98 Å². The fraction of sp³-hybridized carbons (Fsp3) is 0.364. The molecule has 0 aromatic carbocycles. The Labute approximate surface area is 107 Å². The topological polar surface area (TPSA) is 94.0 Å². The van der Waals surface area contributed by atoms with E-state index in [0.29, 0.717) is 10.9 Å². The maximum absolute atomic E-state index is 11.7. The summed E-state index contributed by atoms with van der Waals surface area (Å²) >= 11 is 1.37. The molecule has 1 aliphatic carbocycles. The summed E-state index contributed by atoms with van der Waals surface area (Å²) in [5.41, 5.74) is 6.67. The van der Waals surface area contributed by atoms with Crippen LogP contribution in [0.2, 0.25) is 0 Å². The van der Waals surface area contributed by atoms with Gasteiger partial charge in [-0.15, -0.1) is 11.3 Å². The van der Waals surface area contributed by atoms with Gasteiger partial charge in [-0.25, -0.2) is 0 Å². The van der Waals surface area contributed by atoms with Gasteiger partial charge in [0.05, 0.1) is 9.88 Å². The van der Waals surface area contributed by atoms with Crippen LogP contribution in [0, 0.1) is 6.92 Å². The Kier molecular flexibility index (Phi) is 2.55. The third kappa shape index (κ3) is 2.08. The number of rotatable bonds is 3. The highest BCUT2D eigenvalue weighted by molar-refractivity contribution is 7.19. The number of nitrogens with one attached hydrogen (secondary N) is 1. The van der Waals surface area contributed by atoms with Crippen molar-refractivity contribution in [2.24, 2.45) is 0 Å². The number of nitrogens with two attached hydrogens (primary N) is 1. The number of amides is 1. The molecule has 2 heterocycles. The van der Waals surface area contributed by atoms with E-state index in [1.807, 2.05) is 13.0 Å². The third-order valence-electron chi connectivity index (χ3n) is 2.67. The highest BCUT2D eigenvalue weighted by atomic mass is 32.1. The van der Waals surface area contributed by atoms with Crippen LogP contribution in [0.5, 0.6) is 0 Å². The highest BCUT2D eigenvalue weighted by Gasteiger charge is 2.26. The molecule has 0 spiro atoms. The molecule has 0 bridgehead atoms. The summed E-state index contributed by atoms with van der Waals surface area (Å²) in [6.45, 7) is 1.91. The lowest BCUT2D eigenvalue weighted by Gasteiger charge is -1.95. The smallest absolute Gasteiger partial charge is 0.292 e. The zero-order chi connectivity index (χ0) is 12.7. The number of carbonyl (C=O) groups is 1. The number of nitrogens with zero attached hydrogens (tertiary/aromatic N) is 2. The SMILES string of the molecule is Cc1cc(N)sc1-c1nc(C(=O)NC2CC2)no1. The van der Waals surface area contributed by atoms with Gasteiger partial charge in [0.15, 0.2) is 0 Å². The number of hydrogen-bond acceptors (Lipinski definition) is 6. The normalized spacial score (nSPS) is 14.7. The first-order valence-electron chi connectivity index (χ1n) is 5.64. The summed E-state index contributed by atoms with van der Waals surface area (Å²) in [7, 11) is 0. The molecule has 3 N–H and O–H groups in total. The largest absolute Gasteiger partial charge is 0.391 e. The third-order valence-corrected chi connectivity index (χ3v) is 3.73. The Bertz CT molecular complexity index is 600. The van der Waals surface area contributed by atoms with Crippen LogP contribution in [0.3, 0.4) is 0 Å². The second kappa shape index (κ2) is 4.09. The molecule has 0 atom stereocenters. The summed E-state index contributed by atoms with van der Waals surface area (Å²) in [4.78, 5) is 16.6. The molecule has 7 heteroatoms. The molecule has 2 aromatic rings. The van der Waals surface area contributed by atoms with Gasteiger partial charge in [0.25, 0.3) is 17.6 Å². The molecule has 2 aromatic heterocycles. The van der Waals surface area contributed by atoms with E-state index in [-0.39, 0.29) is 17.8 Å². The number of aromatic nitrogens is 2. The van der Waals surface area contributed by atoms with Crippen molar-refractivity contribution in [3.63, 3.8) is 0 Å². The van der Waals surface area contributed by atoms with Gasteiger partial charge in [0.2, 0.25) is 0 Å². The van der Waals surface area contributed by atoms with Crippen LogP contribution >= 0.6 is 11.3 Å². The van der Waals surface area contributed by atoms with Crippen molar-refractivity contribution in [2.45, 2.75) is 25.8 Å². The van der Waals surface area contributed by atoms with Crippen molar-refractivity contribution < 1.29 is 9.32 Å². The fourth-order valence-electron chi connectivity index (χ4n) is 1.60. The molecule has 0 aliphatic heterocycles. The summed E-state index contributed by atoms with van der Waals surface area (Å²) in [6, 6.07) is 2.12. The molecular formula is C11H12N4O2S. The first-order chi connectivity index (χ1) is 8.63. The quantitative estimate of drug-likeness (QED) is 0.877. The van der Waals surface area contributed by atoms with Crippen LogP contribution in [0.4, 0.5) is 5.00 Å². The molecule has 6 nitrogen and oxygen atoms in total. The summed E-state index contributed by atoms with van der Waals surface area (Å²) in [6.07, 6.45) is 2.05. The van der Waals surface area contributed by atoms with Gasteiger partial charge >= 0.3 is 0 Å². The zero-order valence-electron chi connectivity index (χ0n) is 9.77. The van der Waals surface area contributed by atoms with Crippen LogP contribution in [-0.4, -0.2) is 22.1 Å². The summed E-state index contributed by atoms with van der Waals surface area (Å²) < 4.78 is 5.10. The lowest BCUT2D eigenvalue weighted by Crippen LogP contribution is -2.26. The van der Waals surface area contributed by atoms with E-state index in [0.717, 1.165) is 23.3 Å². The molecule has 0 unspecified atom stereocenters. The van der Waals surface area contributed by atoms with Crippen molar-refractivity contribution in [1.29, 1.82) is 0 Å².